The average Bonchev–Trinajstić information content (AvgIpc) is 3.47. The van der Waals surface area contributed by atoms with E-state index in [-0.39, 0.29) is 5.41 Å². The smallest absolute Gasteiger partial charge is 0.133 e. The number of ketones is 1. The lowest BCUT2D eigenvalue weighted by molar-refractivity contribution is -0.120. The van der Waals surface area contributed by atoms with E-state index in [0.29, 0.717) is 23.2 Å². The lowest BCUT2D eigenvalue weighted by Crippen LogP contribution is -2.18. The van der Waals surface area contributed by atoms with Gasteiger partial charge in [-0.2, -0.15) is 5.26 Å². The molecule has 0 atom stereocenters. The van der Waals surface area contributed by atoms with E-state index >= 15 is 0 Å². The monoisotopic (exact) mass is 412 g/mol. The molecular weight excluding hydrogens is 368 g/mol. The van der Waals surface area contributed by atoms with Crippen LogP contribution >= 0.6 is 0 Å². The summed E-state index contributed by atoms with van der Waals surface area (Å²) in [4.78, 5) is 15.6. The van der Waals surface area contributed by atoms with Gasteiger partial charge in [0.05, 0.1) is 17.3 Å². The van der Waals surface area contributed by atoms with Crippen molar-refractivity contribution in [2.45, 2.75) is 101 Å². The number of benzene rings is 1. The van der Waals surface area contributed by atoms with Crippen LogP contribution in [0.15, 0.2) is 23.2 Å². The fourth-order valence-corrected chi connectivity index (χ4v) is 2.78. The third-order valence-electron chi connectivity index (χ3n) is 4.88. The van der Waals surface area contributed by atoms with Crippen LogP contribution in [0.25, 0.3) is 0 Å². The van der Waals surface area contributed by atoms with Crippen molar-refractivity contribution in [1.82, 2.24) is 0 Å². The Hall–Kier alpha value is -1.95. The van der Waals surface area contributed by atoms with E-state index in [0.717, 1.165) is 35.7 Å². The fourth-order valence-electron chi connectivity index (χ4n) is 2.78. The summed E-state index contributed by atoms with van der Waals surface area (Å²) in [5, 5.41) is 8.70. The van der Waals surface area contributed by atoms with Crippen LogP contribution in [-0.4, -0.2) is 11.5 Å². The van der Waals surface area contributed by atoms with Gasteiger partial charge in [0.25, 0.3) is 0 Å². The highest BCUT2D eigenvalue weighted by molar-refractivity contribution is 5.84. The Morgan fingerprint density at radius 2 is 1.63 bits per heavy atom. The van der Waals surface area contributed by atoms with Crippen LogP contribution in [-0.2, 0) is 4.79 Å². The topological polar surface area (TPSA) is 53.2 Å². The third kappa shape index (κ3) is 13.3. The van der Waals surface area contributed by atoms with Gasteiger partial charge in [0, 0.05) is 18.6 Å². The van der Waals surface area contributed by atoms with Gasteiger partial charge in [-0.05, 0) is 73.6 Å². The van der Waals surface area contributed by atoms with Crippen LogP contribution in [0.2, 0.25) is 0 Å². The van der Waals surface area contributed by atoms with Crippen molar-refractivity contribution >= 4 is 17.2 Å². The quantitative estimate of drug-likeness (QED) is 0.442. The Morgan fingerprint density at radius 3 is 2.00 bits per heavy atom. The molecule has 3 nitrogen and oxygen atoms in total. The minimum absolute atomic E-state index is 0.285. The summed E-state index contributed by atoms with van der Waals surface area (Å²) in [5.41, 5.74) is 4.60. The van der Waals surface area contributed by atoms with Gasteiger partial charge in [-0.3, -0.25) is 9.79 Å². The van der Waals surface area contributed by atoms with Gasteiger partial charge in [0.1, 0.15) is 5.78 Å². The molecule has 2 rings (SSSR count). The third-order valence-corrected chi connectivity index (χ3v) is 4.88. The molecule has 0 unspecified atom stereocenters. The number of Topliss-reactive ketones (excluding diaryl/α,β-unsaturated/α-hetero) is 1. The zero-order valence-corrected chi connectivity index (χ0v) is 21.1. The summed E-state index contributed by atoms with van der Waals surface area (Å²) in [5.74, 6) is 1.25. The molecule has 0 aromatic heterocycles. The predicted octanol–water partition coefficient (Wildman–Crippen LogP) is 8.21. The van der Waals surface area contributed by atoms with E-state index in [1.165, 1.54) is 12.8 Å². The van der Waals surface area contributed by atoms with E-state index < -0.39 is 0 Å². The number of rotatable bonds is 6. The molecule has 0 bridgehead atoms. The Morgan fingerprint density at radius 1 is 1.10 bits per heavy atom. The van der Waals surface area contributed by atoms with E-state index in [4.69, 9.17) is 5.26 Å². The van der Waals surface area contributed by atoms with E-state index in [1.807, 2.05) is 32.9 Å². The molecule has 1 aliphatic rings. The number of carbonyl (C=O) groups is 1. The maximum absolute atomic E-state index is 11.2. The molecule has 0 aliphatic heterocycles. The van der Waals surface area contributed by atoms with Crippen LogP contribution in [0.5, 0.6) is 0 Å². The standard InChI is InChI=1S/C12H14N2.C10H18O.C5H12/c1-4-10(3)14-12-6-5-11(8-13)7-9(12)2;1-4-9(11)7-10(2,3)8-5-6-8;1-5(2,3)4/h5-7H,4H2,1-3H3;8H,4-7H2,1-3H3;1-4H3. The molecule has 0 spiro atoms. The number of aryl methyl sites for hydroxylation is 1. The average molecular weight is 413 g/mol. The fraction of sp³-hybridized carbons (Fsp3) is 0.667. The number of hydrogen-bond acceptors (Lipinski definition) is 3. The van der Waals surface area contributed by atoms with Crippen molar-refractivity contribution in [3.05, 3.63) is 29.3 Å². The first-order valence-corrected chi connectivity index (χ1v) is 11.3. The summed E-state index contributed by atoms with van der Waals surface area (Å²) in [6, 6.07) is 7.67. The summed E-state index contributed by atoms with van der Waals surface area (Å²) in [7, 11) is 0. The first kappa shape index (κ1) is 28.1. The van der Waals surface area contributed by atoms with E-state index in [1.54, 1.807) is 6.07 Å². The predicted molar refractivity (Wildman–Crippen MR) is 131 cm³/mol. The molecule has 0 heterocycles. The van der Waals surface area contributed by atoms with E-state index in [9.17, 15) is 4.79 Å². The van der Waals surface area contributed by atoms with Crippen LogP contribution in [0, 0.1) is 35.0 Å². The Balaban J connectivity index is 0.000000468. The molecule has 1 saturated carbocycles. The van der Waals surface area contributed by atoms with Crippen LogP contribution in [0.4, 0.5) is 5.69 Å². The molecule has 1 fully saturated rings. The minimum atomic E-state index is 0.285. The van der Waals surface area contributed by atoms with Crippen LogP contribution in [0.1, 0.15) is 106 Å². The Bertz CT molecular complexity index is 735. The largest absolute Gasteiger partial charge is 0.300 e. The molecule has 1 aromatic carbocycles. The van der Waals surface area contributed by atoms with Crippen molar-refractivity contribution in [1.29, 1.82) is 5.26 Å². The first-order valence-electron chi connectivity index (χ1n) is 11.3. The summed E-state index contributed by atoms with van der Waals surface area (Å²) in [6.45, 7) is 21.2. The highest BCUT2D eigenvalue weighted by Crippen LogP contribution is 2.47. The molecule has 30 heavy (non-hydrogen) atoms. The molecule has 0 N–H and O–H groups in total. The number of carbonyl (C=O) groups excluding carboxylic acids is 1. The minimum Gasteiger partial charge on any atom is -0.300 e. The van der Waals surface area contributed by atoms with Crippen molar-refractivity contribution in [3.8, 4) is 6.07 Å². The van der Waals surface area contributed by atoms with Crippen molar-refractivity contribution in [2.24, 2.45) is 21.7 Å². The van der Waals surface area contributed by atoms with Crippen molar-refractivity contribution in [3.63, 3.8) is 0 Å². The zero-order valence-electron chi connectivity index (χ0n) is 21.1. The lowest BCUT2D eigenvalue weighted by Gasteiger charge is -2.22. The van der Waals surface area contributed by atoms with Crippen LogP contribution < -0.4 is 0 Å². The van der Waals surface area contributed by atoms with Gasteiger partial charge < -0.3 is 0 Å². The van der Waals surface area contributed by atoms with Gasteiger partial charge >= 0.3 is 0 Å². The molecule has 0 amide bonds. The highest BCUT2D eigenvalue weighted by Gasteiger charge is 2.38. The SMILES string of the molecule is CC(C)(C)C.CCC(=O)CC(C)(C)C1CC1.CCC(C)=Nc1ccc(C#N)cc1C. The Kier molecular flexibility index (Phi) is 11.9. The molecule has 0 saturated heterocycles. The second-order valence-corrected chi connectivity index (χ2v) is 10.6. The van der Waals surface area contributed by atoms with E-state index in [2.05, 4.69) is 59.5 Å². The maximum Gasteiger partial charge on any atom is 0.133 e. The lowest BCUT2D eigenvalue weighted by atomic mass is 9.82. The summed E-state index contributed by atoms with van der Waals surface area (Å²) < 4.78 is 0. The van der Waals surface area contributed by atoms with Gasteiger partial charge in [0.15, 0.2) is 0 Å². The maximum atomic E-state index is 11.2. The number of hydrogen-bond donors (Lipinski definition) is 0. The number of nitriles is 1. The molecule has 168 valence electrons. The Labute approximate surface area is 186 Å². The normalized spacial score (nSPS) is 14.0. The number of aliphatic imine (C=N–C) groups is 1. The molecule has 1 aromatic rings. The van der Waals surface area contributed by atoms with Crippen LogP contribution in [0.3, 0.4) is 0 Å². The van der Waals surface area contributed by atoms with Gasteiger partial charge in [0.2, 0.25) is 0 Å². The molecule has 0 radical (unpaired) electrons. The van der Waals surface area contributed by atoms with Gasteiger partial charge in [-0.15, -0.1) is 0 Å². The molecule has 3 heteroatoms. The molecular formula is C27H44N2O. The van der Waals surface area contributed by atoms with Gasteiger partial charge in [-0.25, -0.2) is 0 Å². The first-order chi connectivity index (χ1) is 13.7. The second kappa shape index (κ2) is 12.7. The summed E-state index contributed by atoms with van der Waals surface area (Å²) >= 11 is 0. The summed E-state index contributed by atoms with van der Waals surface area (Å²) in [6.07, 6.45) is 5.12. The van der Waals surface area contributed by atoms with Crippen molar-refractivity contribution in [2.75, 3.05) is 0 Å². The van der Waals surface area contributed by atoms with Crippen molar-refractivity contribution < 1.29 is 4.79 Å². The second-order valence-electron chi connectivity index (χ2n) is 10.6. The number of nitrogens with zero attached hydrogens (tertiary/aromatic N) is 2. The molecule has 1 aliphatic carbocycles. The highest BCUT2D eigenvalue weighted by atomic mass is 16.1. The zero-order chi connectivity index (χ0) is 23.5. The van der Waals surface area contributed by atoms with Gasteiger partial charge in [-0.1, -0.05) is 55.4 Å².